The highest BCUT2D eigenvalue weighted by Crippen LogP contribution is 2.38. The van der Waals surface area contributed by atoms with Gasteiger partial charge in [0.2, 0.25) is 0 Å². The summed E-state index contributed by atoms with van der Waals surface area (Å²) in [5.74, 6) is 2.39. The Morgan fingerprint density at radius 3 is 2.64 bits per heavy atom. The molecular weight excluding hydrogens is 412 g/mol. The highest BCUT2D eigenvalue weighted by Gasteiger charge is 2.36. The third-order valence-electron chi connectivity index (χ3n) is 8.26. The molecule has 178 valence electrons. The standard InChI is InChI=1S/C28H38N2O3/c1-28(2)12-10-24(11-13-28)33-26-8-9-27-21(15-26)6-7-23(29-27)18-30-16-22(17-30)20-4-3-5-25(14-20)32-19-31/h6-9,15,19-20,22,24-25H,3-5,10-14,16-18H2,1-2H3. The van der Waals surface area contributed by atoms with Crippen molar-refractivity contribution in [2.45, 2.75) is 84.0 Å². The Labute approximate surface area is 197 Å². The molecule has 1 aromatic carbocycles. The number of benzene rings is 1. The van der Waals surface area contributed by atoms with Crippen molar-refractivity contribution in [3.63, 3.8) is 0 Å². The number of carbonyl (C=O) groups is 1. The van der Waals surface area contributed by atoms with Crippen LogP contribution in [0.2, 0.25) is 0 Å². The van der Waals surface area contributed by atoms with Crippen LogP contribution in [0.4, 0.5) is 0 Å². The monoisotopic (exact) mass is 450 g/mol. The Morgan fingerprint density at radius 1 is 1.03 bits per heavy atom. The molecule has 0 N–H and O–H groups in total. The zero-order chi connectivity index (χ0) is 22.8. The fraction of sp³-hybridized carbons (Fsp3) is 0.643. The molecule has 0 amide bonds. The summed E-state index contributed by atoms with van der Waals surface area (Å²) in [6, 6.07) is 10.7. The molecule has 2 atom stereocenters. The van der Waals surface area contributed by atoms with Crippen molar-refractivity contribution in [3.8, 4) is 5.75 Å². The first kappa shape index (κ1) is 22.6. The second-order valence-electron chi connectivity index (χ2n) is 11.4. The number of aromatic nitrogens is 1. The molecule has 2 unspecified atom stereocenters. The SMILES string of the molecule is CC1(C)CCC(Oc2ccc3nc(CN4CC(C5CCCC(OC=O)C5)C4)ccc3c2)CC1. The number of pyridine rings is 1. The molecule has 3 fully saturated rings. The Hall–Kier alpha value is -2.14. The summed E-state index contributed by atoms with van der Waals surface area (Å²) in [5, 5.41) is 1.15. The predicted molar refractivity (Wildman–Crippen MR) is 130 cm³/mol. The smallest absolute Gasteiger partial charge is 0.293 e. The number of hydrogen-bond acceptors (Lipinski definition) is 5. The molecule has 33 heavy (non-hydrogen) atoms. The lowest BCUT2D eigenvalue weighted by Crippen LogP contribution is -2.50. The van der Waals surface area contributed by atoms with Crippen molar-refractivity contribution in [1.29, 1.82) is 0 Å². The summed E-state index contributed by atoms with van der Waals surface area (Å²) in [4.78, 5) is 18.1. The van der Waals surface area contributed by atoms with Crippen molar-refractivity contribution in [2.24, 2.45) is 17.3 Å². The Bertz CT molecular complexity index is 959. The number of fused-ring (bicyclic) bond motifs is 1. The van der Waals surface area contributed by atoms with Crippen molar-refractivity contribution in [1.82, 2.24) is 9.88 Å². The average Bonchev–Trinajstić information content (AvgIpc) is 2.78. The van der Waals surface area contributed by atoms with Crippen molar-refractivity contribution >= 4 is 17.4 Å². The van der Waals surface area contributed by atoms with Crippen LogP contribution in [0.3, 0.4) is 0 Å². The van der Waals surface area contributed by atoms with Gasteiger partial charge in [-0.3, -0.25) is 14.7 Å². The van der Waals surface area contributed by atoms with Gasteiger partial charge in [-0.05, 0) is 92.9 Å². The molecule has 1 aromatic heterocycles. The van der Waals surface area contributed by atoms with Crippen LogP contribution >= 0.6 is 0 Å². The summed E-state index contributed by atoms with van der Waals surface area (Å²) >= 11 is 0. The third kappa shape index (κ3) is 5.51. The Morgan fingerprint density at radius 2 is 1.85 bits per heavy atom. The minimum Gasteiger partial charge on any atom is -0.490 e. The van der Waals surface area contributed by atoms with Gasteiger partial charge in [0.1, 0.15) is 11.9 Å². The van der Waals surface area contributed by atoms with E-state index >= 15 is 0 Å². The Kier molecular flexibility index (Phi) is 6.60. The first-order valence-electron chi connectivity index (χ1n) is 12.9. The number of rotatable bonds is 7. The van der Waals surface area contributed by atoms with E-state index in [0.717, 1.165) is 73.6 Å². The molecular formula is C28H38N2O3. The normalized spacial score (nSPS) is 26.6. The highest BCUT2D eigenvalue weighted by molar-refractivity contribution is 5.80. The van der Waals surface area contributed by atoms with Gasteiger partial charge in [-0.1, -0.05) is 19.9 Å². The summed E-state index contributed by atoms with van der Waals surface area (Å²) in [6.07, 6.45) is 9.75. The number of carbonyl (C=O) groups excluding carboxylic acids is 1. The second-order valence-corrected chi connectivity index (χ2v) is 11.4. The zero-order valence-corrected chi connectivity index (χ0v) is 20.2. The first-order chi connectivity index (χ1) is 16.0. The maximum Gasteiger partial charge on any atom is 0.293 e. The van der Waals surface area contributed by atoms with Crippen LogP contribution < -0.4 is 4.74 Å². The van der Waals surface area contributed by atoms with E-state index in [4.69, 9.17) is 14.5 Å². The third-order valence-corrected chi connectivity index (χ3v) is 8.26. The quantitative estimate of drug-likeness (QED) is 0.503. The number of hydrogen-bond donors (Lipinski definition) is 0. The van der Waals surface area contributed by atoms with Crippen LogP contribution in [0.1, 0.15) is 70.9 Å². The molecule has 2 heterocycles. The van der Waals surface area contributed by atoms with E-state index < -0.39 is 0 Å². The summed E-state index contributed by atoms with van der Waals surface area (Å²) in [6.45, 7) is 8.51. The van der Waals surface area contributed by atoms with Gasteiger partial charge in [-0.2, -0.15) is 0 Å². The average molecular weight is 451 g/mol. The number of likely N-dealkylation sites (tertiary alicyclic amines) is 1. The van der Waals surface area contributed by atoms with E-state index in [0.29, 0.717) is 23.9 Å². The van der Waals surface area contributed by atoms with Crippen LogP contribution in [0.15, 0.2) is 30.3 Å². The topological polar surface area (TPSA) is 51.7 Å². The van der Waals surface area contributed by atoms with E-state index in [-0.39, 0.29) is 6.10 Å². The van der Waals surface area contributed by atoms with Crippen LogP contribution in [0.25, 0.3) is 10.9 Å². The molecule has 5 nitrogen and oxygen atoms in total. The van der Waals surface area contributed by atoms with Gasteiger partial charge in [0.15, 0.2) is 0 Å². The van der Waals surface area contributed by atoms with Crippen molar-refractivity contribution in [3.05, 3.63) is 36.0 Å². The summed E-state index contributed by atoms with van der Waals surface area (Å²) in [5.41, 5.74) is 2.64. The maximum atomic E-state index is 10.7. The Balaban J connectivity index is 1.13. The summed E-state index contributed by atoms with van der Waals surface area (Å²) < 4.78 is 11.5. The lowest BCUT2D eigenvalue weighted by Gasteiger charge is -2.45. The highest BCUT2D eigenvalue weighted by atomic mass is 16.5. The van der Waals surface area contributed by atoms with Crippen molar-refractivity contribution in [2.75, 3.05) is 13.1 Å². The molecule has 1 aliphatic heterocycles. The molecule has 0 bridgehead atoms. The fourth-order valence-electron chi connectivity index (χ4n) is 6.07. The van der Waals surface area contributed by atoms with E-state index in [9.17, 15) is 4.79 Å². The van der Waals surface area contributed by atoms with Crippen LogP contribution in [-0.2, 0) is 16.1 Å². The molecule has 2 aromatic rings. The molecule has 2 aliphatic carbocycles. The minimum atomic E-state index is 0.135. The largest absolute Gasteiger partial charge is 0.490 e. The van der Waals surface area contributed by atoms with Crippen LogP contribution in [0.5, 0.6) is 5.75 Å². The van der Waals surface area contributed by atoms with E-state index in [1.807, 2.05) is 0 Å². The molecule has 2 saturated carbocycles. The number of ether oxygens (including phenoxy) is 2. The zero-order valence-electron chi connectivity index (χ0n) is 20.2. The lowest BCUT2D eigenvalue weighted by molar-refractivity contribution is -0.136. The molecule has 3 aliphatic rings. The molecule has 5 rings (SSSR count). The predicted octanol–water partition coefficient (Wildman–Crippen LogP) is 5.75. The van der Waals surface area contributed by atoms with Gasteiger partial charge in [-0.25, -0.2) is 0 Å². The fourth-order valence-corrected chi connectivity index (χ4v) is 6.07. The first-order valence-corrected chi connectivity index (χ1v) is 12.9. The number of nitrogens with zero attached hydrogens (tertiary/aromatic N) is 2. The maximum absolute atomic E-state index is 10.7. The van der Waals surface area contributed by atoms with Crippen LogP contribution in [-0.4, -0.2) is 41.7 Å². The minimum absolute atomic E-state index is 0.135. The lowest BCUT2D eigenvalue weighted by atomic mass is 9.75. The molecule has 0 spiro atoms. The van der Waals surface area contributed by atoms with E-state index in [1.54, 1.807) is 0 Å². The van der Waals surface area contributed by atoms with Crippen LogP contribution in [0, 0.1) is 17.3 Å². The second kappa shape index (κ2) is 9.61. The van der Waals surface area contributed by atoms with Gasteiger partial charge in [-0.15, -0.1) is 0 Å². The van der Waals surface area contributed by atoms with Gasteiger partial charge in [0.25, 0.3) is 6.47 Å². The summed E-state index contributed by atoms with van der Waals surface area (Å²) in [7, 11) is 0. The molecule has 1 saturated heterocycles. The van der Waals surface area contributed by atoms with E-state index in [1.165, 1.54) is 25.7 Å². The van der Waals surface area contributed by atoms with Gasteiger partial charge in [0, 0.05) is 25.0 Å². The molecule has 0 radical (unpaired) electrons. The molecule has 5 heteroatoms. The van der Waals surface area contributed by atoms with E-state index in [2.05, 4.69) is 49.1 Å². The van der Waals surface area contributed by atoms with Crippen molar-refractivity contribution < 1.29 is 14.3 Å². The van der Waals surface area contributed by atoms with Gasteiger partial charge < -0.3 is 9.47 Å². The van der Waals surface area contributed by atoms with Gasteiger partial charge >= 0.3 is 0 Å². The van der Waals surface area contributed by atoms with Gasteiger partial charge in [0.05, 0.1) is 17.3 Å².